The molecule has 0 N–H and O–H groups in total. The third-order valence-corrected chi connectivity index (χ3v) is 6.41. The Balaban J connectivity index is 1.85. The van der Waals surface area contributed by atoms with Gasteiger partial charge in [0.05, 0.1) is 0 Å². The highest BCUT2D eigenvalue weighted by atomic mass is 32.2. The fourth-order valence-corrected chi connectivity index (χ4v) is 4.39. The Bertz CT molecular complexity index is 308. The molecule has 1 fully saturated rings. The molecule has 1 aliphatic rings. The molecular formula is C8H12N2S4. The molecule has 1 aromatic rings. The molecule has 14 heavy (non-hydrogen) atoms. The molecule has 0 aliphatic heterocycles. The molecule has 2 nitrogen and oxygen atoms in total. The molecule has 1 heterocycles. The standard InChI is InChI=1S/C8H12N2S4/c1-12-6-9-10-7(14-6)13-5-8(4-11)2-3-8/h11H,2-5H2,1H3. The van der Waals surface area contributed by atoms with E-state index >= 15 is 0 Å². The summed E-state index contributed by atoms with van der Waals surface area (Å²) in [6.07, 6.45) is 4.69. The highest BCUT2D eigenvalue weighted by molar-refractivity contribution is 8.03. The zero-order valence-electron chi connectivity index (χ0n) is 7.89. The summed E-state index contributed by atoms with van der Waals surface area (Å²) in [5, 5.41) is 8.21. The van der Waals surface area contributed by atoms with Crippen LogP contribution in [-0.4, -0.2) is 28.0 Å². The SMILES string of the molecule is CSc1nnc(SCC2(CS)CC2)s1. The van der Waals surface area contributed by atoms with Crippen molar-refractivity contribution in [3.8, 4) is 0 Å². The second-order valence-corrected chi connectivity index (χ2v) is 7.05. The smallest absolute Gasteiger partial charge is 0.175 e. The van der Waals surface area contributed by atoms with Gasteiger partial charge in [-0.15, -0.1) is 10.2 Å². The quantitative estimate of drug-likeness (QED) is 0.653. The lowest BCUT2D eigenvalue weighted by atomic mass is 10.2. The Hall–Kier alpha value is 0.610. The van der Waals surface area contributed by atoms with Gasteiger partial charge in [0.15, 0.2) is 8.68 Å². The van der Waals surface area contributed by atoms with Gasteiger partial charge in [0, 0.05) is 5.75 Å². The number of hydrogen-bond acceptors (Lipinski definition) is 6. The van der Waals surface area contributed by atoms with Gasteiger partial charge in [0.1, 0.15) is 0 Å². The maximum Gasteiger partial charge on any atom is 0.175 e. The second-order valence-electron chi connectivity index (χ2n) is 3.48. The molecule has 0 bridgehead atoms. The topological polar surface area (TPSA) is 25.8 Å². The lowest BCUT2D eigenvalue weighted by molar-refractivity contribution is 0.682. The van der Waals surface area contributed by atoms with Crippen LogP contribution in [0.5, 0.6) is 0 Å². The first-order valence-corrected chi connectivity index (χ1v) is 8.05. The van der Waals surface area contributed by atoms with E-state index in [2.05, 4.69) is 22.8 Å². The molecule has 0 aromatic carbocycles. The fraction of sp³-hybridized carbons (Fsp3) is 0.750. The van der Waals surface area contributed by atoms with E-state index in [0.29, 0.717) is 5.41 Å². The number of thiol groups is 1. The summed E-state index contributed by atoms with van der Waals surface area (Å²) in [5.74, 6) is 2.16. The van der Waals surface area contributed by atoms with Gasteiger partial charge < -0.3 is 0 Å². The lowest BCUT2D eigenvalue weighted by Crippen LogP contribution is -2.05. The van der Waals surface area contributed by atoms with Gasteiger partial charge >= 0.3 is 0 Å². The van der Waals surface area contributed by atoms with E-state index in [0.717, 1.165) is 20.2 Å². The summed E-state index contributed by atoms with van der Waals surface area (Å²) in [4.78, 5) is 0. The van der Waals surface area contributed by atoms with Crippen LogP contribution < -0.4 is 0 Å². The Morgan fingerprint density at radius 2 is 2.14 bits per heavy atom. The van der Waals surface area contributed by atoms with Crippen LogP contribution >= 0.6 is 47.5 Å². The van der Waals surface area contributed by atoms with Crippen LogP contribution in [-0.2, 0) is 0 Å². The first-order valence-electron chi connectivity index (χ1n) is 4.39. The predicted molar refractivity (Wildman–Crippen MR) is 67.9 cm³/mol. The number of hydrogen-bond donors (Lipinski definition) is 1. The van der Waals surface area contributed by atoms with Gasteiger partial charge in [-0.25, -0.2) is 0 Å². The van der Waals surface area contributed by atoms with Crippen LogP contribution in [0.4, 0.5) is 0 Å². The highest BCUT2D eigenvalue weighted by Crippen LogP contribution is 2.50. The van der Waals surface area contributed by atoms with E-state index in [-0.39, 0.29) is 0 Å². The minimum absolute atomic E-state index is 0.513. The maximum atomic E-state index is 4.38. The van der Waals surface area contributed by atoms with Crippen molar-refractivity contribution in [3.05, 3.63) is 0 Å². The van der Waals surface area contributed by atoms with Gasteiger partial charge in [0.25, 0.3) is 0 Å². The van der Waals surface area contributed by atoms with E-state index in [1.807, 2.05) is 18.0 Å². The Kier molecular flexibility index (Phi) is 3.68. The first-order chi connectivity index (χ1) is 6.78. The average molecular weight is 264 g/mol. The van der Waals surface area contributed by atoms with Crippen molar-refractivity contribution >= 4 is 47.5 Å². The third-order valence-electron chi connectivity index (χ3n) is 2.36. The summed E-state index contributed by atoms with van der Waals surface area (Å²) < 4.78 is 2.16. The van der Waals surface area contributed by atoms with Crippen LogP contribution in [0.3, 0.4) is 0 Å². The summed E-state index contributed by atoms with van der Waals surface area (Å²) in [5.41, 5.74) is 0.513. The van der Waals surface area contributed by atoms with E-state index in [1.165, 1.54) is 12.8 Å². The number of nitrogens with zero attached hydrogens (tertiary/aromatic N) is 2. The van der Waals surface area contributed by atoms with Gasteiger partial charge in [-0.2, -0.15) is 12.6 Å². The monoisotopic (exact) mass is 264 g/mol. The Labute approximate surface area is 102 Å². The molecule has 0 spiro atoms. The predicted octanol–water partition coefficient (Wildman–Crippen LogP) is 3.06. The third kappa shape index (κ3) is 2.59. The minimum atomic E-state index is 0.513. The normalized spacial score (nSPS) is 18.4. The molecule has 78 valence electrons. The molecule has 0 unspecified atom stereocenters. The number of aromatic nitrogens is 2. The minimum Gasteiger partial charge on any atom is -0.179 e. The van der Waals surface area contributed by atoms with Crippen molar-refractivity contribution in [2.24, 2.45) is 5.41 Å². The molecule has 0 amide bonds. The fourth-order valence-electron chi connectivity index (χ4n) is 1.08. The van der Waals surface area contributed by atoms with Crippen molar-refractivity contribution in [3.63, 3.8) is 0 Å². The van der Waals surface area contributed by atoms with E-state index < -0.39 is 0 Å². The Morgan fingerprint density at radius 3 is 2.64 bits per heavy atom. The zero-order valence-corrected chi connectivity index (χ0v) is 11.2. The average Bonchev–Trinajstić information content (AvgIpc) is 2.86. The van der Waals surface area contributed by atoms with Gasteiger partial charge in [-0.1, -0.05) is 34.9 Å². The molecule has 2 rings (SSSR count). The highest BCUT2D eigenvalue weighted by Gasteiger charge is 2.41. The molecular weight excluding hydrogens is 252 g/mol. The van der Waals surface area contributed by atoms with E-state index in [4.69, 9.17) is 0 Å². The number of thioether (sulfide) groups is 2. The van der Waals surface area contributed by atoms with Crippen LogP contribution in [0, 0.1) is 5.41 Å². The van der Waals surface area contributed by atoms with E-state index in [1.54, 1.807) is 23.1 Å². The summed E-state index contributed by atoms with van der Waals surface area (Å²) in [7, 11) is 0. The summed E-state index contributed by atoms with van der Waals surface area (Å²) in [6.45, 7) is 0. The molecule has 0 saturated heterocycles. The van der Waals surface area contributed by atoms with Crippen molar-refractivity contribution < 1.29 is 0 Å². The molecule has 6 heteroatoms. The molecule has 1 saturated carbocycles. The van der Waals surface area contributed by atoms with Crippen LogP contribution in [0.25, 0.3) is 0 Å². The van der Waals surface area contributed by atoms with Crippen LogP contribution in [0.2, 0.25) is 0 Å². The van der Waals surface area contributed by atoms with Crippen molar-refractivity contribution in [2.75, 3.05) is 17.8 Å². The molecule has 0 radical (unpaired) electrons. The summed E-state index contributed by atoms with van der Waals surface area (Å²) in [6, 6.07) is 0. The van der Waals surface area contributed by atoms with Crippen molar-refractivity contribution in [1.82, 2.24) is 10.2 Å². The largest absolute Gasteiger partial charge is 0.179 e. The van der Waals surface area contributed by atoms with Crippen molar-refractivity contribution in [1.29, 1.82) is 0 Å². The van der Waals surface area contributed by atoms with Crippen LogP contribution in [0.1, 0.15) is 12.8 Å². The Morgan fingerprint density at radius 1 is 1.43 bits per heavy atom. The van der Waals surface area contributed by atoms with Crippen LogP contribution in [0.15, 0.2) is 8.68 Å². The molecule has 1 aliphatic carbocycles. The van der Waals surface area contributed by atoms with Gasteiger partial charge in [-0.05, 0) is 30.3 Å². The lowest BCUT2D eigenvalue weighted by Gasteiger charge is -2.08. The molecule has 0 atom stereocenters. The maximum absolute atomic E-state index is 4.38. The molecule has 1 aromatic heterocycles. The van der Waals surface area contributed by atoms with Crippen molar-refractivity contribution in [2.45, 2.75) is 21.5 Å². The summed E-state index contributed by atoms with van der Waals surface area (Å²) >= 11 is 9.57. The van der Waals surface area contributed by atoms with Gasteiger partial charge in [0.2, 0.25) is 0 Å². The second kappa shape index (κ2) is 4.63. The van der Waals surface area contributed by atoms with Gasteiger partial charge in [-0.3, -0.25) is 0 Å². The van der Waals surface area contributed by atoms with E-state index in [9.17, 15) is 0 Å². The number of rotatable bonds is 5. The first kappa shape index (κ1) is 11.1. The zero-order chi connectivity index (χ0) is 10.0.